The van der Waals surface area contributed by atoms with Crippen molar-refractivity contribution in [3.8, 4) is 0 Å². The van der Waals surface area contributed by atoms with Gasteiger partial charge in [0.05, 0.1) is 6.21 Å². The second-order valence-corrected chi connectivity index (χ2v) is 2.39. The van der Waals surface area contributed by atoms with Crippen molar-refractivity contribution in [2.24, 2.45) is 5.10 Å². The second-order valence-electron chi connectivity index (χ2n) is 2.39. The molecule has 0 fully saturated rings. The summed E-state index contributed by atoms with van der Waals surface area (Å²) in [5.41, 5.74) is 3.49. The number of nitrogens with one attached hydrogen (secondary N) is 2. The summed E-state index contributed by atoms with van der Waals surface area (Å²) in [6.45, 7) is 0. The van der Waals surface area contributed by atoms with Gasteiger partial charge in [0, 0.05) is 18.0 Å². The van der Waals surface area contributed by atoms with Gasteiger partial charge in [0.2, 0.25) is 0 Å². The van der Waals surface area contributed by atoms with Crippen molar-refractivity contribution >= 4 is 12.2 Å². The molecular weight excluding hydrogens is 182 g/mol. The SMILES string of the molecule is C(=NNc1nn[nH]n1)c1cccnc1. The smallest absolute Gasteiger partial charge is 0.264 e. The van der Waals surface area contributed by atoms with Crippen molar-refractivity contribution in [3.63, 3.8) is 0 Å². The van der Waals surface area contributed by atoms with E-state index in [9.17, 15) is 0 Å². The van der Waals surface area contributed by atoms with Crippen LogP contribution in [0.4, 0.5) is 5.95 Å². The lowest BCUT2D eigenvalue weighted by Crippen LogP contribution is -1.92. The lowest BCUT2D eigenvalue weighted by Gasteiger charge is -1.90. The van der Waals surface area contributed by atoms with Crippen LogP contribution in [0.5, 0.6) is 0 Å². The Bertz CT molecular complexity index is 393. The molecule has 0 radical (unpaired) electrons. The molecule has 7 heteroatoms. The van der Waals surface area contributed by atoms with Crippen LogP contribution in [0, 0.1) is 0 Å². The molecule has 2 aromatic rings. The largest absolute Gasteiger partial charge is 0.283 e. The van der Waals surface area contributed by atoms with Gasteiger partial charge in [0.15, 0.2) is 0 Å². The summed E-state index contributed by atoms with van der Waals surface area (Å²) >= 11 is 0. The number of aromatic amines is 1. The second kappa shape index (κ2) is 4.08. The van der Waals surface area contributed by atoms with E-state index < -0.39 is 0 Å². The first-order chi connectivity index (χ1) is 6.95. The normalized spacial score (nSPS) is 10.6. The van der Waals surface area contributed by atoms with E-state index in [0.717, 1.165) is 5.56 Å². The number of hydrogen-bond acceptors (Lipinski definition) is 6. The third-order valence-electron chi connectivity index (χ3n) is 1.41. The minimum absolute atomic E-state index is 0.324. The summed E-state index contributed by atoms with van der Waals surface area (Å²) in [5.74, 6) is 0.324. The highest BCUT2D eigenvalue weighted by Crippen LogP contribution is 1.92. The summed E-state index contributed by atoms with van der Waals surface area (Å²) in [6.07, 6.45) is 5.01. The monoisotopic (exact) mass is 189 g/mol. The maximum atomic E-state index is 3.93. The predicted octanol–water partition coefficient (Wildman–Crippen LogP) is 0.0407. The molecule has 2 heterocycles. The first-order valence-electron chi connectivity index (χ1n) is 3.88. The van der Waals surface area contributed by atoms with E-state index in [4.69, 9.17) is 0 Å². The van der Waals surface area contributed by atoms with E-state index in [2.05, 4.69) is 36.1 Å². The molecule has 0 unspecified atom stereocenters. The average Bonchev–Trinajstić information content (AvgIpc) is 2.72. The van der Waals surface area contributed by atoms with Crippen LogP contribution in [0.15, 0.2) is 29.6 Å². The molecule has 2 rings (SSSR count). The molecule has 2 N–H and O–H groups in total. The summed E-state index contributed by atoms with van der Waals surface area (Å²) in [7, 11) is 0. The Balaban J connectivity index is 1.96. The van der Waals surface area contributed by atoms with Crippen molar-refractivity contribution in [2.75, 3.05) is 5.43 Å². The standard InChI is InChI=1S/C7H7N7/c1-2-6(4-8-3-1)5-9-10-7-11-13-14-12-7/h1-5H,(H2,10,11,12,13,14). The number of rotatable bonds is 3. The number of anilines is 1. The molecule has 7 nitrogen and oxygen atoms in total. The molecular formula is C7H7N7. The number of hydrogen-bond donors (Lipinski definition) is 2. The molecule has 14 heavy (non-hydrogen) atoms. The Morgan fingerprint density at radius 2 is 2.50 bits per heavy atom. The van der Waals surface area contributed by atoms with E-state index in [0.29, 0.717) is 5.95 Å². The van der Waals surface area contributed by atoms with Gasteiger partial charge in [0.1, 0.15) is 0 Å². The Morgan fingerprint density at radius 1 is 1.50 bits per heavy atom. The van der Waals surface area contributed by atoms with E-state index in [-0.39, 0.29) is 0 Å². The number of aromatic nitrogens is 5. The Kier molecular flexibility index (Phi) is 2.42. The van der Waals surface area contributed by atoms with E-state index >= 15 is 0 Å². The molecule has 0 saturated heterocycles. The number of nitrogens with zero attached hydrogens (tertiary/aromatic N) is 5. The highest BCUT2D eigenvalue weighted by Gasteiger charge is 1.91. The predicted molar refractivity (Wildman–Crippen MR) is 49.6 cm³/mol. The highest BCUT2D eigenvalue weighted by atomic mass is 15.5. The number of H-pyrrole nitrogens is 1. The van der Waals surface area contributed by atoms with Gasteiger partial charge >= 0.3 is 0 Å². The third-order valence-corrected chi connectivity index (χ3v) is 1.41. The van der Waals surface area contributed by atoms with Crippen LogP contribution in [-0.2, 0) is 0 Å². The van der Waals surface area contributed by atoms with Crippen LogP contribution < -0.4 is 5.43 Å². The fourth-order valence-corrected chi connectivity index (χ4v) is 0.826. The average molecular weight is 189 g/mol. The lowest BCUT2D eigenvalue weighted by molar-refractivity contribution is 0.881. The molecule has 0 atom stereocenters. The van der Waals surface area contributed by atoms with Crippen molar-refractivity contribution in [2.45, 2.75) is 0 Å². The van der Waals surface area contributed by atoms with E-state index in [1.165, 1.54) is 0 Å². The van der Waals surface area contributed by atoms with Crippen LogP contribution in [0.25, 0.3) is 0 Å². The Morgan fingerprint density at radius 3 is 3.21 bits per heavy atom. The topological polar surface area (TPSA) is 91.7 Å². The molecule has 0 bridgehead atoms. The first kappa shape index (κ1) is 8.30. The maximum Gasteiger partial charge on any atom is 0.283 e. The highest BCUT2D eigenvalue weighted by molar-refractivity contribution is 5.79. The van der Waals surface area contributed by atoms with Crippen LogP contribution >= 0.6 is 0 Å². The minimum Gasteiger partial charge on any atom is -0.264 e. The van der Waals surface area contributed by atoms with Crippen LogP contribution in [0.1, 0.15) is 5.56 Å². The molecule has 70 valence electrons. The zero-order valence-corrected chi connectivity index (χ0v) is 7.12. The van der Waals surface area contributed by atoms with Gasteiger partial charge in [-0.15, -0.1) is 5.10 Å². The molecule has 0 saturated carbocycles. The summed E-state index contributed by atoms with van der Waals surface area (Å²) < 4.78 is 0. The van der Waals surface area contributed by atoms with Gasteiger partial charge in [-0.1, -0.05) is 11.2 Å². The van der Waals surface area contributed by atoms with Crippen LogP contribution in [-0.4, -0.2) is 31.8 Å². The number of pyridine rings is 1. The Labute approximate surface area is 79.3 Å². The number of tetrazole rings is 1. The molecule has 0 aliphatic rings. The third kappa shape index (κ3) is 2.09. The quantitative estimate of drug-likeness (QED) is 0.525. The van der Waals surface area contributed by atoms with Gasteiger partial charge < -0.3 is 0 Å². The molecule has 0 aliphatic heterocycles. The lowest BCUT2D eigenvalue weighted by atomic mass is 10.3. The van der Waals surface area contributed by atoms with Gasteiger partial charge in [-0.2, -0.15) is 10.3 Å². The Hall–Kier alpha value is -2.31. The van der Waals surface area contributed by atoms with Crippen LogP contribution in [0.3, 0.4) is 0 Å². The summed E-state index contributed by atoms with van der Waals surface area (Å²) in [5, 5.41) is 16.9. The number of hydrazone groups is 1. The fourth-order valence-electron chi connectivity index (χ4n) is 0.826. The van der Waals surface area contributed by atoms with Crippen LogP contribution in [0.2, 0.25) is 0 Å². The molecule has 0 spiro atoms. The van der Waals surface area contributed by atoms with Crippen molar-refractivity contribution in [1.29, 1.82) is 0 Å². The van der Waals surface area contributed by atoms with Gasteiger partial charge in [-0.3, -0.25) is 4.98 Å². The maximum absolute atomic E-state index is 3.93. The minimum atomic E-state index is 0.324. The van der Waals surface area contributed by atoms with Crippen molar-refractivity contribution < 1.29 is 0 Å². The van der Waals surface area contributed by atoms with Crippen molar-refractivity contribution in [3.05, 3.63) is 30.1 Å². The first-order valence-corrected chi connectivity index (χ1v) is 3.88. The molecule has 0 aliphatic carbocycles. The van der Waals surface area contributed by atoms with E-state index in [1.54, 1.807) is 18.6 Å². The molecule has 0 amide bonds. The zero-order valence-electron chi connectivity index (χ0n) is 7.12. The van der Waals surface area contributed by atoms with Gasteiger partial charge in [-0.05, 0) is 11.3 Å². The van der Waals surface area contributed by atoms with Gasteiger partial charge in [0.25, 0.3) is 5.95 Å². The summed E-state index contributed by atoms with van der Waals surface area (Å²) in [6, 6.07) is 3.71. The van der Waals surface area contributed by atoms with E-state index in [1.807, 2.05) is 12.1 Å². The summed E-state index contributed by atoms with van der Waals surface area (Å²) in [4.78, 5) is 3.93. The molecule has 0 aromatic carbocycles. The van der Waals surface area contributed by atoms with Gasteiger partial charge in [-0.25, -0.2) is 5.43 Å². The zero-order chi connectivity index (χ0) is 9.64. The fraction of sp³-hybridized carbons (Fsp3) is 0. The van der Waals surface area contributed by atoms with Crippen molar-refractivity contribution in [1.82, 2.24) is 25.6 Å². The molecule has 2 aromatic heterocycles.